The summed E-state index contributed by atoms with van der Waals surface area (Å²) in [5.74, 6) is -1.22. The molecule has 1 aliphatic heterocycles. The van der Waals surface area contributed by atoms with Gasteiger partial charge in [-0.15, -0.1) is 0 Å². The third kappa shape index (κ3) is 4.61. The molecule has 4 rings (SSSR count). The lowest BCUT2D eigenvalue weighted by Gasteiger charge is -2.26. The van der Waals surface area contributed by atoms with Crippen LogP contribution >= 0.6 is 0 Å². The quantitative estimate of drug-likeness (QED) is 0.572. The van der Waals surface area contributed by atoms with E-state index in [1.807, 2.05) is 24.3 Å². The van der Waals surface area contributed by atoms with E-state index >= 15 is 0 Å². The Kier molecular flexibility index (Phi) is 6.74. The number of para-hydroxylation sites is 1. The summed E-state index contributed by atoms with van der Waals surface area (Å²) in [5, 5.41) is 15.1. The highest BCUT2D eigenvalue weighted by Gasteiger charge is 2.31. The molecule has 1 aliphatic rings. The number of esters is 2. The van der Waals surface area contributed by atoms with E-state index in [9.17, 15) is 14.7 Å². The number of nitrogens with zero attached hydrogens (tertiary/aromatic N) is 3. The summed E-state index contributed by atoms with van der Waals surface area (Å²) < 4.78 is 11.4. The molecule has 2 aromatic carbocycles. The van der Waals surface area contributed by atoms with E-state index in [0.29, 0.717) is 17.8 Å². The van der Waals surface area contributed by atoms with Crippen molar-refractivity contribution in [2.24, 2.45) is 0 Å². The Morgan fingerprint density at radius 3 is 2.33 bits per heavy atom. The maximum absolute atomic E-state index is 12.8. The molecule has 1 saturated heterocycles. The number of benzene rings is 2. The fraction of sp³-hybridized carbons (Fsp3) is 0.320. The first kappa shape index (κ1) is 22.5. The molecular weight excluding hydrogens is 422 g/mol. The molecule has 8 nitrogen and oxygen atoms in total. The van der Waals surface area contributed by atoms with Crippen molar-refractivity contribution in [1.82, 2.24) is 14.7 Å². The number of rotatable bonds is 6. The standard InChI is InChI=1S/C25H27N3O5/c1-32-24(30)21-22(26-28(23(21)25(31)33-2)19-9-5-3-6-10-19)17-11-12-20(29)18(15-17)16-27-13-7-4-8-14-27/h3,5-6,9-12,15,29H,4,7-8,13-14,16H2,1-2H3. The first-order valence-corrected chi connectivity index (χ1v) is 10.9. The molecule has 0 amide bonds. The van der Waals surface area contributed by atoms with Crippen LogP contribution in [-0.4, -0.2) is 59.0 Å². The van der Waals surface area contributed by atoms with Crippen molar-refractivity contribution in [2.45, 2.75) is 25.8 Å². The molecule has 8 heteroatoms. The molecule has 1 N–H and O–H groups in total. The summed E-state index contributed by atoms with van der Waals surface area (Å²) in [6, 6.07) is 14.1. The van der Waals surface area contributed by atoms with Crippen LogP contribution in [0.5, 0.6) is 5.75 Å². The van der Waals surface area contributed by atoms with Gasteiger partial charge in [0.1, 0.15) is 17.0 Å². The van der Waals surface area contributed by atoms with Crippen LogP contribution < -0.4 is 0 Å². The van der Waals surface area contributed by atoms with Crippen LogP contribution in [0, 0.1) is 0 Å². The molecular formula is C25H27N3O5. The van der Waals surface area contributed by atoms with E-state index in [1.54, 1.807) is 24.3 Å². The zero-order chi connectivity index (χ0) is 23.4. The van der Waals surface area contributed by atoms with Gasteiger partial charge in [0.2, 0.25) is 0 Å². The zero-order valence-corrected chi connectivity index (χ0v) is 18.8. The Labute approximate surface area is 192 Å². The van der Waals surface area contributed by atoms with Crippen molar-refractivity contribution in [2.75, 3.05) is 27.3 Å². The Morgan fingerprint density at radius 2 is 1.67 bits per heavy atom. The number of phenols is 1. The topological polar surface area (TPSA) is 93.9 Å². The predicted molar refractivity (Wildman–Crippen MR) is 122 cm³/mol. The van der Waals surface area contributed by atoms with E-state index in [0.717, 1.165) is 31.5 Å². The van der Waals surface area contributed by atoms with Gasteiger partial charge in [0, 0.05) is 17.7 Å². The van der Waals surface area contributed by atoms with Crippen LogP contribution in [0.25, 0.3) is 16.9 Å². The van der Waals surface area contributed by atoms with Crippen molar-refractivity contribution in [3.63, 3.8) is 0 Å². The van der Waals surface area contributed by atoms with Crippen LogP contribution in [0.3, 0.4) is 0 Å². The van der Waals surface area contributed by atoms with E-state index < -0.39 is 11.9 Å². The van der Waals surface area contributed by atoms with Crippen LogP contribution in [-0.2, 0) is 16.0 Å². The molecule has 0 atom stereocenters. The Bertz CT molecular complexity index is 1150. The van der Waals surface area contributed by atoms with Crippen LogP contribution in [0.1, 0.15) is 45.7 Å². The van der Waals surface area contributed by atoms with E-state index in [1.165, 1.54) is 25.3 Å². The number of ether oxygens (including phenoxy) is 2. The zero-order valence-electron chi connectivity index (χ0n) is 18.8. The Hall–Kier alpha value is -3.65. The summed E-state index contributed by atoms with van der Waals surface area (Å²) >= 11 is 0. The lowest BCUT2D eigenvalue weighted by Crippen LogP contribution is -2.29. The second-order valence-corrected chi connectivity index (χ2v) is 7.98. The SMILES string of the molecule is COC(=O)c1c(-c2ccc(O)c(CN3CCCCC3)c2)nn(-c2ccccc2)c1C(=O)OC. The number of carbonyl (C=O) groups excluding carboxylic acids is 2. The van der Waals surface area contributed by atoms with Crippen LogP contribution in [0.4, 0.5) is 0 Å². The van der Waals surface area contributed by atoms with Gasteiger partial charge in [-0.1, -0.05) is 24.6 Å². The number of aromatic hydroxyl groups is 1. The summed E-state index contributed by atoms with van der Waals surface area (Å²) in [4.78, 5) is 27.9. The van der Waals surface area contributed by atoms with Crippen LogP contribution in [0.15, 0.2) is 48.5 Å². The normalized spacial score (nSPS) is 14.1. The first-order chi connectivity index (χ1) is 16.0. The number of phenolic OH excluding ortho intramolecular Hbond substituents is 1. The second kappa shape index (κ2) is 9.87. The molecule has 33 heavy (non-hydrogen) atoms. The Balaban J connectivity index is 1.86. The smallest absolute Gasteiger partial charge is 0.357 e. The average Bonchev–Trinajstić information content (AvgIpc) is 3.26. The molecule has 0 spiro atoms. The number of carbonyl (C=O) groups is 2. The number of hydrogen-bond acceptors (Lipinski definition) is 7. The number of methoxy groups -OCH3 is 2. The molecule has 0 bridgehead atoms. The fourth-order valence-corrected chi connectivity index (χ4v) is 4.17. The highest BCUT2D eigenvalue weighted by molar-refractivity contribution is 6.06. The first-order valence-electron chi connectivity index (χ1n) is 10.9. The maximum atomic E-state index is 12.8. The molecule has 0 aliphatic carbocycles. The Morgan fingerprint density at radius 1 is 0.970 bits per heavy atom. The molecule has 3 aromatic rings. The highest BCUT2D eigenvalue weighted by Crippen LogP contribution is 2.32. The van der Waals surface area contributed by atoms with Gasteiger partial charge in [-0.3, -0.25) is 4.90 Å². The summed E-state index contributed by atoms with van der Waals surface area (Å²) in [7, 11) is 2.51. The molecule has 1 fully saturated rings. The minimum atomic E-state index is -0.703. The van der Waals surface area contributed by atoms with Gasteiger partial charge < -0.3 is 14.6 Å². The van der Waals surface area contributed by atoms with E-state index in [4.69, 9.17) is 9.47 Å². The largest absolute Gasteiger partial charge is 0.508 e. The summed E-state index contributed by atoms with van der Waals surface area (Å²) in [6.07, 6.45) is 3.49. The average molecular weight is 450 g/mol. The molecule has 2 heterocycles. The van der Waals surface area contributed by atoms with Gasteiger partial charge in [-0.2, -0.15) is 5.10 Å². The van der Waals surface area contributed by atoms with Gasteiger partial charge in [0.15, 0.2) is 5.69 Å². The van der Waals surface area contributed by atoms with Crippen molar-refractivity contribution in [1.29, 1.82) is 0 Å². The summed E-state index contributed by atoms with van der Waals surface area (Å²) in [5.41, 5.74) is 2.21. The van der Waals surface area contributed by atoms with Gasteiger partial charge in [-0.25, -0.2) is 14.3 Å². The lowest BCUT2D eigenvalue weighted by molar-refractivity contribution is 0.0549. The molecule has 1 aromatic heterocycles. The molecule has 0 radical (unpaired) electrons. The van der Waals surface area contributed by atoms with E-state index in [2.05, 4.69) is 10.00 Å². The van der Waals surface area contributed by atoms with Gasteiger partial charge >= 0.3 is 11.9 Å². The van der Waals surface area contributed by atoms with Gasteiger partial charge in [0.25, 0.3) is 0 Å². The second-order valence-electron chi connectivity index (χ2n) is 7.98. The number of likely N-dealkylation sites (tertiary alicyclic amines) is 1. The van der Waals surface area contributed by atoms with Crippen molar-refractivity contribution >= 4 is 11.9 Å². The number of hydrogen-bond donors (Lipinski definition) is 1. The minimum absolute atomic E-state index is 0.0165. The highest BCUT2D eigenvalue weighted by atomic mass is 16.5. The van der Waals surface area contributed by atoms with E-state index in [-0.39, 0.29) is 22.7 Å². The van der Waals surface area contributed by atoms with Crippen LogP contribution in [0.2, 0.25) is 0 Å². The lowest BCUT2D eigenvalue weighted by atomic mass is 10.0. The number of aromatic nitrogens is 2. The maximum Gasteiger partial charge on any atom is 0.357 e. The molecule has 172 valence electrons. The molecule has 0 saturated carbocycles. The fourth-order valence-electron chi connectivity index (χ4n) is 4.17. The third-order valence-electron chi connectivity index (χ3n) is 5.85. The van der Waals surface area contributed by atoms with Gasteiger partial charge in [0.05, 0.1) is 19.9 Å². The summed E-state index contributed by atoms with van der Waals surface area (Å²) in [6.45, 7) is 2.55. The van der Waals surface area contributed by atoms with Gasteiger partial charge in [-0.05, 0) is 56.3 Å². The number of piperidine rings is 1. The van der Waals surface area contributed by atoms with Crippen molar-refractivity contribution < 1.29 is 24.2 Å². The predicted octanol–water partition coefficient (Wildman–Crippen LogP) is 3.80. The van der Waals surface area contributed by atoms with Crippen molar-refractivity contribution in [3.05, 3.63) is 65.4 Å². The van der Waals surface area contributed by atoms with Crippen molar-refractivity contribution in [3.8, 4) is 22.7 Å². The third-order valence-corrected chi connectivity index (χ3v) is 5.85. The monoisotopic (exact) mass is 449 g/mol. The molecule has 0 unspecified atom stereocenters. The minimum Gasteiger partial charge on any atom is -0.508 e.